The van der Waals surface area contributed by atoms with Gasteiger partial charge in [0.25, 0.3) is 0 Å². The second kappa shape index (κ2) is 8.36. The van der Waals surface area contributed by atoms with Gasteiger partial charge in [0.15, 0.2) is 11.6 Å². The first kappa shape index (κ1) is 19.5. The van der Waals surface area contributed by atoms with E-state index in [0.29, 0.717) is 12.1 Å². The normalized spacial score (nSPS) is 14.2. The molecule has 0 spiro atoms. The van der Waals surface area contributed by atoms with Crippen LogP contribution in [0.25, 0.3) is 0 Å². The number of hydrogen-bond donors (Lipinski definition) is 1. The Labute approximate surface area is 136 Å². The molecule has 0 saturated heterocycles. The lowest BCUT2D eigenvalue weighted by molar-refractivity contribution is -0.133. The van der Waals surface area contributed by atoms with Gasteiger partial charge in [-0.3, -0.25) is 9.69 Å². The van der Waals surface area contributed by atoms with Crippen LogP contribution < -0.4 is 0 Å². The summed E-state index contributed by atoms with van der Waals surface area (Å²) in [5.74, 6) is -1.97. The van der Waals surface area contributed by atoms with Crippen molar-refractivity contribution in [2.24, 2.45) is 0 Å². The molecule has 1 aromatic carbocycles. The van der Waals surface area contributed by atoms with Crippen molar-refractivity contribution in [3.8, 4) is 0 Å². The van der Waals surface area contributed by atoms with Gasteiger partial charge < -0.3 is 10.0 Å². The van der Waals surface area contributed by atoms with E-state index in [1.165, 1.54) is 11.0 Å². The summed E-state index contributed by atoms with van der Waals surface area (Å²) in [4.78, 5) is 15.8. The van der Waals surface area contributed by atoms with Crippen molar-refractivity contribution in [3.63, 3.8) is 0 Å². The first-order valence-electron chi connectivity index (χ1n) is 7.76. The summed E-state index contributed by atoms with van der Waals surface area (Å²) in [6, 6.07) is 3.38. The lowest BCUT2D eigenvalue weighted by Gasteiger charge is -2.31. The summed E-state index contributed by atoms with van der Waals surface area (Å²) in [5, 5.41) is 9.52. The molecular weight excluding hydrogens is 302 g/mol. The van der Waals surface area contributed by atoms with Crippen LogP contribution in [0.15, 0.2) is 18.2 Å². The van der Waals surface area contributed by atoms with Gasteiger partial charge in [0.1, 0.15) is 0 Å². The minimum Gasteiger partial charge on any atom is -0.392 e. The van der Waals surface area contributed by atoms with Gasteiger partial charge in [0.05, 0.1) is 18.7 Å². The zero-order valence-corrected chi connectivity index (χ0v) is 14.4. The van der Waals surface area contributed by atoms with Crippen LogP contribution in [0, 0.1) is 11.6 Å². The van der Waals surface area contributed by atoms with Gasteiger partial charge in [-0.25, -0.2) is 8.78 Å². The van der Waals surface area contributed by atoms with E-state index in [4.69, 9.17) is 0 Å². The Balaban J connectivity index is 2.79. The van der Waals surface area contributed by atoms with Crippen molar-refractivity contribution in [3.05, 3.63) is 35.4 Å². The third-order valence-corrected chi connectivity index (χ3v) is 3.97. The minimum absolute atomic E-state index is 0.112. The molecule has 23 heavy (non-hydrogen) atoms. The fraction of sp³-hybridized carbons (Fsp3) is 0.588. The third kappa shape index (κ3) is 5.55. The molecule has 0 aliphatic rings. The van der Waals surface area contributed by atoms with Gasteiger partial charge in [-0.15, -0.1) is 0 Å². The van der Waals surface area contributed by atoms with Crippen molar-refractivity contribution in [1.29, 1.82) is 0 Å². The number of rotatable bonds is 7. The fourth-order valence-corrected chi connectivity index (χ4v) is 2.29. The van der Waals surface area contributed by atoms with E-state index in [1.807, 2.05) is 18.7 Å². The van der Waals surface area contributed by atoms with E-state index < -0.39 is 17.7 Å². The maximum absolute atomic E-state index is 13.3. The Morgan fingerprint density at radius 1 is 1.17 bits per heavy atom. The number of aliphatic hydroxyl groups excluding tert-OH is 1. The van der Waals surface area contributed by atoms with Crippen molar-refractivity contribution in [2.45, 2.75) is 45.9 Å². The minimum atomic E-state index is -0.923. The van der Waals surface area contributed by atoms with Gasteiger partial charge in [0.2, 0.25) is 5.91 Å². The molecule has 130 valence electrons. The van der Waals surface area contributed by atoms with Crippen LogP contribution in [-0.2, 0) is 4.79 Å². The molecular formula is C17H26F2N2O2. The van der Waals surface area contributed by atoms with Gasteiger partial charge in [-0.2, -0.15) is 0 Å². The largest absolute Gasteiger partial charge is 0.392 e. The van der Waals surface area contributed by atoms with E-state index in [2.05, 4.69) is 0 Å². The average molecular weight is 328 g/mol. The van der Waals surface area contributed by atoms with Crippen LogP contribution >= 0.6 is 0 Å². The summed E-state index contributed by atoms with van der Waals surface area (Å²) >= 11 is 0. The smallest absolute Gasteiger partial charge is 0.237 e. The number of amides is 1. The first-order valence-corrected chi connectivity index (χ1v) is 7.76. The zero-order chi connectivity index (χ0) is 17.7. The van der Waals surface area contributed by atoms with Crippen LogP contribution in [0.3, 0.4) is 0 Å². The van der Waals surface area contributed by atoms with E-state index in [9.17, 15) is 18.7 Å². The predicted molar refractivity (Wildman–Crippen MR) is 85.9 cm³/mol. The maximum Gasteiger partial charge on any atom is 0.237 e. The molecule has 0 aliphatic heterocycles. The number of benzene rings is 1. The SMILES string of the molecule is CC(O)CN(CC(=O)N(C)C(C)c1ccc(F)c(F)c1)C(C)C. The number of likely N-dealkylation sites (N-methyl/N-ethyl adjacent to an activating group) is 1. The summed E-state index contributed by atoms with van der Waals surface area (Å²) in [7, 11) is 1.63. The highest BCUT2D eigenvalue weighted by Gasteiger charge is 2.22. The Kier molecular flexibility index (Phi) is 7.09. The number of nitrogens with zero attached hydrogens (tertiary/aromatic N) is 2. The highest BCUT2D eigenvalue weighted by atomic mass is 19.2. The lowest BCUT2D eigenvalue weighted by atomic mass is 10.1. The quantitative estimate of drug-likeness (QED) is 0.837. The van der Waals surface area contributed by atoms with Crippen molar-refractivity contribution >= 4 is 5.91 Å². The molecule has 2 unspecified atom stereocenters. The summed E-state index contributed by atoms with van der Waals surface area (Å²) in [6.45, 7) is 7.90. The molecule has 0 fully saturated rings. The molecule has 1 aromatic rings. The predicted octanol–water partition coefficient (Wildman–Crippen LogP) is 2.58. The second-order valence-electron chi connectivity index (χ2n) is 6.23. The molecule has 0 aromatic heterocycles. The molecule has 2 atom stereocenters. The average Bonchev–Trinajstić information content (AvgIpc) is 2.47. The summed E-state index contributed by atoms with van der Waals surface area (Å²) in [6.07, 6.45) is -0.529. The Morgan fingerprint density at radius 3 is 2.26 bits per heavy atom. The highest BCUT2D eigenvalue weighted by molar-refractivity contribution is 5.78. The number of aliphatic hydroxyl groups is 1. The number of carbonyl (C=O) groups is 1. The molecule has 6 heteroatoms. The van der Waals surface area contributed by atoms with Crippen LogP contribution in [0.2, 0.25) is 0 Å². The van der Waals surface area contributed by atoms with E-state index >= 15 is 0 Å². The molecule has 0 aliphatic carbocycles. The molecule has 0 heterocycles. The molecule has 4 nitrogen and oxygen atoms in total. The molecule has 1 rings (SSSR count). The standard InChI is InChI=1S/C17H26F2N2O2/c1-11(2)21(9-12(3)22)10-17(23)20(5)13(4)14-6-7-15(18)16(19)8-14/h6-8,11-13,22H,9-10H2,1-5H3. The number of carbonyl (C=O) groups excluding carboxylic acids is 1. The van der Waals surface area contributed by atoms with Gasteiger partial charge in [-0.1, -0.05) is 6.07 Å². The molecule has 0 saturated carbocycles. The van der Waals surface area contributed by atoms with Gasteiger partial charge in [0, 0.05) is 19.6 Å². The molecule has 1 amide bonds. The van der Waals surface area contributed by atoms with Crippen molar-refractivity contribution in [2.75, 3.05) is 20.1 Å². The van der Waals surface area contributed by atoms with Crippen LogP contribution in [-0.4, -0.2) is 53.1 Å². The van der Waals surface area contributed by atoms with Crippen LogP contribution in [0.4, 0.5) is 8.78 Å². The van der Waals surface area contributed by atoms with E-state index in [0.717, 1.165) is 12.1 Å². The van der Waals surface area contributed by atoms with Crippen LogP contribution in [0.5, 0.6) is 0 Å². The van der Waals surface area contributed by atoms with E-state index in [1.54, 1.807) is 20.9 Å². The lowest BCUT2D eigenvalue weighted by Crippen LogP contribution is -2.44. The Morgan fingerprint density at radius 2 is 1.78 bits per heavy atom. The molecule has 0 bridgehead atoms. The third-order valence-electron chi connectivity index (χ3n) is 3.97. The first-order chi connectivity index (χ1) is 10.6. The highest BCUT2D eigenvalue weighted by Crippen LogP contribution is 2.21. The van der Waals surface area contributed by atoms with Gasteiger partial charge in [-0.05, 0) is 45.4 Å². The van der Waals surface area contributed by atoms with E-state index in [-0.39, 0.29) is 24.5 Å². The van der Waals surface area contributed by atoms with Crippen molar-refractivity contribution in [1.82, 2.24) is 9.80 Å². The van der Waals surface area contributed by atoms with Gasteiger partial charge >= 0.3 is 0 Å². The van der Waals surface area contributed by atoms with Crippen molar-refractivity contribution < 1.29 is 18.7 Å². The zero-order valence-electron chi connectivity index (χ0n) is 14.4. The molecule has 0 radical (unpaired) electrons. The topological polar surface area (TPSA) is 43.8 Å². The number of hydrogen-bond acceptors (Lipinski definition) is 3. The maximum atomic E-state index is 13.3. The molecule has 1 N–H and O–H groups in total. The summed E-state index contributed by atoms with van der Waals surface area (Å²) < 4.78 is 26.4. The summed E-state index contributed by atoms with van der Waals surface area (Å²) in [5.41, 5.74) is 0.534. The monoisotopic (exact) mass is 328 g/mol. The fourth-order valence-electron chi connectivity index (χ4n) is 2.29. The van der Waals surface area contributed by atoms with Crippen LogP contribution in [0.1, 0.15) is 39.3 Å². The Bertz CT molecular complexity index is 535. The number of halogens is 2. The second-order valence-corrected chi connectivity index (χ2v) is 6.23. The Hall–Kier alpha value is -1.53.